The van der Waals surface area contributed by atoms with Crippen molar-refractivity contribution in [3.8, 4) is 0 Å². The Morgan fingerprint density at radius 2 is 1.88 bits per heavy atom. The van der Waals surface area contributed by atoms with E-state index in [-0.39, 0.29) is 10.2 Å². The maximum Gasteiger partial charge on any atom is 0.424 e. The summed E-state index contributed by atoms with van der Waals surface area (Å²) in [6.45, 7) is 0. The summed E-state index contributed by atoms with van der Waals surface area (Å²) in [7, 11) is 0. The predicted octanol–water partition coefficient (Wildman–Crippen LogP) is 3.72. The van der Waals surface area contributed by atoms with Gasteiger partial charge in [-0.2, -0.15) is 13.2 Å². The van der Waals surface area contributed by atoms with Gasteiger partial charge in [-0.25, -0.2) is 0 Å². The molecule has 0 unspecified atom stereocenters. The van der Waals surface area contributed by atoms with Gasteiger partial charge in [0.25, 0.3) is 5.69 Å². The monoisotopic (exact) mass is 362 g/mol. The highest BCUT2D eigenvalue weighted by Gasteiger charge is 2.42. The van der Waals surface area contributed by atoms with Crippen LogP contribution in [0.1, 0.15) is 5.56 Å². The van der Waals surface area contributed by atoms with Gasteiger partial charge in [0, 0.05) is 5.69 Å². The Morgan fingerprint density at radius 3 is 2.25 bits per heavy atom. The van der Waals surface area contributed by atoms with Crippen LogP contribution in [0.5, 0.6) is 0 Å². The predicted molar refractivity (Wildman–Crippen MR) is 57.9 cm³/mol. The lowest BCUT2D eigenvalue weighted by Gasteiger charge is -2.12. The fraction of sp³-hybridized carbons (Fsp3) is 0.143. The van der Waals surface area contributed by atoms with Crippen LogP contribution in [0, 0.1) is 10.1 Å². The van der Waals surface area contributed by atoms with Crippen molar-refractivity contribution in [1.82, 2.24) is 0 Å². The van der Waals surface area contributed by atoms with E-state index in [2.05, 4.69) is 31.9 Å². The van der Waals surface area contributed by atoms with Gasteiger partial charge >= 0.3 is 6.18 Å². The zero-order valence-electron chi connectivity index (χ0n) is 7.31. The quantitative estimate of drug-likeness (QED) is 0.469. The molecule has 0 aliphatic carbocycles. The van der Waals surface area contributed by atoms with Crippen LogP contribution in [0.2, 0.25) is 0 Å². The molecule has 2 N–H and O–H groups in total. The molecule has 0 amide bonds. The van der Waals surface area contributed by atoms with Crippen molar-refractivity contribution >= 4 is 43.2 Å². The van der Waals surface area contributed by atoms with Crippen LogP contribution in [-0.4, -0.2) is 4.92 Å². The maximum absolute atomic E-state index is 12.6. The molecule has 0 aliphatic heterocycles. The fourth-order valence-corrected chi connectivity index (χ4v) is 2.19. The van der Waals surface area contributed by atoms with E-state index in [1.54, 1.807) is 0 Å². The first-order chi connectivity index (χ1) is 7.16. The summed E-state index contributed by atoms with van der Waals surface area (Å²) >= 11 is 5.28. The topological polar surface area (TPSA) is 69.2 Å². The highest BCUT2D eigenvalue weighted by atomic mass is 79.9. The highest BCUT2D eigenvalue weighted by Crippen LogP contribution is 2.46. The molecule has 0 atom stereocenters. The normalized spacial score (nSPS) is 11.6. The summed E-state index contributed by atoms with van der Waals surface area (Å²) in [5.41, 5.74) is 2.60. The van der Waals surface area contributed by atoms with Crippen molar-refractivity contribution < 1.29 is 18.1 Å². The molecule has 0 bridgehead atoms. The van der Waals surface area contributed by atoms with Gasteiger partial charge in [0.1, 0.15) is 0 Å². The minimum atomic E-state index is -4.86. The molecule has 0 saturated carbocycles. The van der Waals surface area contributed by atoms with Crippen LogP contribution in [-0.2, 0) is 6.18 Å². The Hall–Kier alpha value is -0.830. The number of nitrogens with zero attached hydrogens (tertiary/aromatic N) is 1. The van der Waals surface area contributed by atoms with E-state index in [1.165, 1.54) is 0 Å². The zero-order chi connectivity index (χ0) is 12.7. The van der Waals surface area contributed by atoms with E-state index in [9.17, 15) is 23.3 Å². The molecule has 1 aromatic carbocycles. The molecule has 4 nitrogen and oxygen atoms in total. The molecule has 88 valence electrons. The van der Waals surface area contributed by atoms with Gasteiger partial charge in [-0.1, -0.05) is 0 Å². The molecule has 0 spiro atoms. The van der Waals surface area contributed by atoms with Crippen LogP contribution < -0.4 is 5.73 Å². The van der Waals surface area contributed by atoms with Gasteiger partial charge in [0.2, 0.25) is 0 Å². The SMILES string of the molecule is Nc1cc(Br)c([N+](=O)[O-])c(C(F)(F)F)c1Br. The molecule has 16 heavy (non-hydrogen) atoms. The summed E-state index contributed by atoms with van der Waals surface area (Å²) in [5, 5.41) is 10.6. The van der Waals surface area contributed by atoms with Gasteiger partial charge in [-0.05, 0) is 37.9 Å². The molecule has 1 rings (SSSR count). The van der Waals surface area contributed by atoms with Crippen LogP contribution in [0.4, 0.5) is 24.5 Å². The smallest absolute Gasteiger partial charge is 0.398 e. The lowest BCUT2D eigenvalue weighted by molar-refractivity contribution is -0.389. The molecule has 0 fully saturated rings. The summed E-state index contributed by atoms with van der Waals surface area (Å²) in [5.74, 6) is 0. The van der Waals surface area contributed by atoms with Gasteiger partial charge < -0.3 is 5.73 Å². The second kappa shape index (κ2) is 4.21. The Kier molecular flexibility index (Phi) is 3.48. The number of hydrogen-bond acceptors (Lipinski definition) is 3. The molecular weight excluding hydrogens is 361 g/mol. The number of nitro groups is 1. The summed E-state index contributed by atoms with van der Waals surface area (Å²) in [4.78, 5) is 9.45. The third-order valence-electron chi connectivity index (χ3n) is 1.68. The van der Waals surface area contributed by atoms with Crippen molar-refractivity contribution in [2.24, 2.45) is 0 Å². The number of nitrogen functional groups attached to an aromatic ring is 1. The molecule has 0 radical (unpaired) electrons. The Morgan fingerprint density at radius 1 is 1.38 bits per heavy atom. The number of rotatable bonds is 1. The van der Waals surface area contributed by atoms with Gasteiger partial charge in [-0.15, -0.1) is 0 Å². The number of alkyl halides is 3. The zero-order valence-corrected chi connectivity index (χ0v) is 10.5. The van der Waals surface area contributed by atoms with Crippen molar-refractivity contribution in [2.75, 3.05) is 5.73 Å². The van der Waals surface area contributed by atoms with E-state index >= 15 is 0 Å². The minimum absolute atomic E-state index is 0.232. The average molecular weight is 364 g/mol. The first-order valence-corrected chi connectivity index (χ1v) is 5.24. The summed E-state index contributed by atoms with van der Waals surface area (Å²) in [6.07, 6.45) is -4.86. The van der Waals surface area contributed by atoms with Crippen molar-refractivity contribution in [2.45, 2.75) is 6.18 Å². The molecule has 0 heterocycles. The lowest BCUT2D eigenvalue weighted by atomic mass is 10.1. The number of anilines is 1. The van der Waals surface area contributed by atoms with E-state index in [0.717, 1.165) is 6.07 Å². The number of hydrogen-bond donors (Lipinski definition) is 1. The first kappa shape index (κ1) is 13.2. The largest absolute Gasteiger partial charge is 0.424 e. The van der Waals surface area contributed by atoms with Gasteiger partial charge in [0.15, 0.2) is 5.56 Å². The molecular formula is C7H3Br2F3N2O2. The first-order valence-electron chi connectivity index (χ1n) is 3.65. The van der Waals surface area contributed by atoms with Crippen molar-refractivity contribution in [1.29, 1.82) is 0 Å². The highest BCUT2D eigenvalue weighted by molar-refractivity contribution is 9.11. The van der Waals surface area contributed by atoms with E-state index < -0.39 is 26.8 Å². The van der Waals surface area contributed by atoms with Gasteiger partial charge in [-0.3, -0.25) is 10.1 Å². The van der Waals surface area contributed by atoms with E-state index in [0.29, 0.717) is 0 Å². The van der Waals surface area contributed by atoms with Crippen LogP contribution in [0.15, 0.2) is 15.0 Å². The molecule has 0 aliphatic rings. The number of nitro benzene ring substituents is 1. The van der Waals surface area contributed by atoms with Crippen LogP contribution in [0.3, 0.4) is 0 Å². The maximum atomic E-state index is 12.6. The fourth-order valence-electron chi connectivity index (χ4n) is 1.07. The van der Waals surface area contributed by atoms with Crippen molar-refractivity contribution in [3.05, 3.63) is 30.7 Å². The average Bonchev–Trinajstić information content (AvgIpc) is 2.07. The Bertz CT molecular complexity index is 462. The van der Waals surface area contributed by atoms with Crippen LogP contribution in [0.25, 0.3) is 0 Å². The molecule has 0 aromatic heterocycles. The Balaban J connectivity index is 3.72. The standard InChI is InChI=1S/C7H3Br2F3N2O2/c8-2-1-3(13)5(9)4(7(10,11)12)6(2)14(15)16/h1H,13H2. The van der Waals surface area contributed by atoms with E-state index in [4.69, 9.17) is 5.73 Å². The lowest BCUT2D eigenvalue weighted by Crippen LogP contribution is -2.12. The third-order valence-corrected chi connectivity index (χ3v) is 3.14. The van der Waals surface area contributed by atoms with E-state index in [1.807, 2.05) is 0 Å². The molecule has 9 heteroatoms. The number of nitrogens with two attached hydrogens (primary N) is 1. The Labute approximate surface area is 104 Å². The molecule has 1 aromatic rings. The van der Waals surface area contributed by atoms with Crippen molar-refractivity contribution in [3.63, 3.8) is 0 Å². The summed E-state index contributed by atoms with van der Waals surface area (Å²) < 4.78 is 37.0. The molecule has 0 saturated heterocycles. The third kappa shape index (κ3) is 2.29. The number of halogens is 5. The summed E-state index contributed by atoms with van der Waals surface area (Å²) in [6, 6.07) is 1.04. The second-order valence-electron chi connectivity index (χ2n) is 2.74. The second-order valence-corrected chi connectivity index (χ2v) is 4.39. The van der Waals surface area contributed by atoms with Crippen LogP contribution >= 0.6 is 31.9 Å². The minimum Gasteiger partial charge on any atom is -0.398 e. The van der Waals surface area contributed by atoms with Gasteiger partial charge in [0.05, 0.1) is 13.9 Å². The number of benzene rings is 1.